The van der Waals surface area contributed by atoms with Crippen molar-refractivity contribution in [2.45, 2.75) is 19.1 Å². The Morgan fingerprint density at radius 1 is 1.12 bits per heavy atom. The summed E-state index contributed by atoms with van der Waals surface area (Å²) in [6.07, 6.45) is -0.406. The molecule has 6 nitrogen and oxygen atoms in total. The molecule has 124 valence electrons. The number of benzene rings is 1. The van der Waals surface area contributed by atoms with E-state index in [-0.39, 0.29) is 12.0 Å². The molecular formula is C15H13F3N6. The Balaban J connectivity index is 1.74. The highest BCUT2D eigenvalue weighted by Crippen LogP contribution is 2.28. The second kappa shape index (κ2) is 6.26. The lowest BCUT2D eigenvalue weighted by Gasteiger charge is -2.15. The van der Waals surface area contributed by atoms with Crippen molar-refractivity contribution in [1.82, 2.24) is 24.7 Å². The van der Waals surface area contributed by atoms with E-state index < -0.39 is 11.9 Å². The van der Waals surface area contributed by atoms with Crippen LogP contribution in [0.4, 0.5) is 19.1 Å². The largest absolute Gasteiger partial charge is 0.433 e. The maximum absolute atomic E-state index is 12.7. The van der Waals surface area contributed by atoms with E-state index in [1.54, 1.807) is 11.0 Å². The summed E-state index contributed by atoms with van der Waals surface area (Å²) in [5.41, 5.74) is 0.729. The molecule has 1 N–H and O–H groups in total. The fourth-order valence-corrected chi connectivity index (χ4v) is 2.12. The molecule has 0 aliphatic carbocycles. The average Bonchev–Trinajstić information content (AvgIpc) is 3.09. The average molecular weight is 334 g/mol. The van der Waals surface area contributed by atoms with E-state index >= 15 is 0 Å². The molecule has 24 heavy (non-hydrogen) atoms. The summed E-state index contributed by atoms with van der Waals surface area (Å²) in [4.78, 5) is 11.2. The fourth-order valence-electron chi connectivity index (χ4n) is 2.12. The molecule has 0 saturated carbocycles. The van der Waals surface area contributed by atoms with Crippen molar-refractivity contribution < 1.29 is 13.2 Å². The number of anilines is 1. The second-order valence-electron chi connectivity index (χ2n) is 5.06. The van der Waals surface area contributed by atoms with Gasteiger partial charge >= 0.3 is 6.18 Å². The molecule has 0 spiro atoms. The Morgan fingerprint density at radius 3 is 2.50 bits per heavy atom. The van der Waals surface area contributed by atoms with Crippen LogP contribution in [0, 0.1) is 0 Å². The third-order valence-corrected chi connectivity index (χ3v) is 3.37. The van der Waals surface area contributed by atoms with Crippen molar-refractivity contribution in [2.75, 3.05) is 5.32 Å². The topological polar surface area (TPSA) is 68.5 Å². The molecule has 0 amide bonds. The van der Waals surface area contributed by atoms with Crippen LogP contribution in [0.25, 0.3) is 5.69 Å². The lowest BCUT2D eigenvalue weighted by atomic mass is 10.1. The highest BCUT2D eigenvalue weighted by atomic mass is 19.4. The Labute approximate surface area is 135 Å². The first-order valence-corrected chi connectivity index (χ1v) is 7.05. The Kier molecular flexibility index (Phi) is 4.15. The summed E-state index contributed by atoms with van der Waals surface area (Å²) in [6, 6.07) is 7.95. The van der Waals surface area contributed by atoms with Crippen molar-refractivity contribution in [3.63, 3.8) is 0 Å². The van der Waals surface area contributed by atoms with Crippen molar-refractivity contribution in [2.24, 2.45) is 0 Å². The summed E-state index contributed by atoms with van der Waals surface area (Å²) < 4.78 is 39.6. The maximum Gasteiger partial charge on any atom is 0.433 e. The molecule has 0 aliphatic rings. The van der Waals surface area contributed by atoms with Crippen LogP contribution in [0.5, 0.6) is 0 Å². The van der Waals surface area contributed by atoms with E-state index in [1.165, 1.54) is 6.33 Å². The second-order valence-corrected chi connectivity index (χ2v) is 5.06. The van der Waals surface area contributed by atoms with Crippen LogP contribution in [0.2, 0.25) is 0 Å². The van der Waals surface area contributed by atoms with Gasteiger partial charge in [-0.25, -0.2) is 19.6 Å². The van der Waals surface area contributed by atoms with Gasteiger partial charge in [0.15, 0.2) is 0 Å². The van der Waals surface area contributed by atoms with Crippen LogP contribution >= 0.6 is 0 Å². The SMILES string of the molecule is C[C@H](Nc1nccc(C(F)(F)F)n1)c1ccc(-n2cncn2)cc1. The van der Waals surface area contributed by atoms with Gasteiger partial charge in [0.1, 0.15) is 18.3 Å². The number of hydrogen-bond donors (Lipinski definition) is 1. The van der Waals surface area contributed by atoms with Gasteiger partial charge in [0.05, 0.1) is 11.7 Å². The third-order valence-electron chi connectivity index (χ3n) is 3.37. The van der Waals surface area contributed by atoms with Gasteiger partial charge in [-0.05, 0) is 30.7 Å². The Morgan fingerprint density at radius 2 is 1.88 bits per heavy atom. The highest BCUT2D eigenvalue weighted by Gasteiger charge is 2.32. The Hall–Kier alpha value is -2.97. The third kappa shape index (κ3) is 3.50. The van der Waals surface area contributed by atoms with Crippen LogP contribution in [0.1, 0.15) is 24.2 Å². The van der Waals surface area contributed by atoms with Gasteiger partial charge in [0, 0.05) is 6.20 Å². The molecule has 0 bridgehead atoms. The summed E-state index contributed by atoms with van der Waals surface area (Å²) in [6.45, 7) is 1.81. The van der Waals surface area contributed by atoms with E-state index in [4.69, 9.17) is 0 Å². The van der Waals surface area contributed by atoms with Gasteiger partial charge in [-0.3, -0.25) is 0 Å². The molecular weight excluding hydrogens is 321 g/mol. The minimum absolute atomic E-state index is 0.0716. The van der Waals surface area contributed by atoms with Crippen molar-refractivity contribution in [3.8, 4) is 5.69 Å². The molecule has 2 heterocycles. The van der Waals surface area contributed by atoms with Crippen molar-refractivity contribution in [3.05, 3.63) is 60.4 Å². The number of alkyl halides is 3. The minimum atomic E-state index is -4.50. The predicted molar refractivity (Wildman–Crippen MR) is 80.4 cm³/mol. The number of nitrogens with zero attached hydrogens (tertiary/aromatic N) is 5. The summed E-state index contributed by atoms with van der Waals surface area (Å²) in [5, 5.41) is 6.89. The van der Waals surface area contributed by atoms with Crippen molar-refractivity contribution >= 4 is 5.95 Å². The van der Waals surface area contributed by atoms with Gasteiger partial charge in [0.25, 0.3) is 0 Å². The van der Waals surface area contributed by atoms with Gasteiger partial charge < -0.3 is 5.32 Å². The maximum atomic E-state index is 12.7. The molecule has 2 aromatic heterocycles. The number of rotatable bonds is 4. The van der Waals surface area contributed by atoms with Gasteiger partial charge in [-0.1, -0.05) is 12.1 Å². The molecule has 1 aromatic carbocycles. The zero-order valence-electron chi connectivity index (χ0n) is 12.6. The Bertz CT molecular complexity index is 799. The normalized spacial score (nSPS) is 12.8. The van der Waals surface area contributed by atoms with Crippen LogP contribution in [-0.2, 0) is 6.18 Å². The van der Waals surface area contributed by atoms with Crippen LogP contribution in [0.15, 0.2) is 49.2 Å². The molecule has 0 fully saturated rings. The molecule has 3 rings (SSSR count). The summed E-state index contributed by atoms with van der Waals surface area (Å²) >= 11 is 0. The van der Waals surface area contributed by atoms with E-state index in [0.29, 0.717) is 0 Å². The van der Waals surface area contributed by atoms with Crippen molar-refractivity contribution in [1.29, 1.82) is 0 Å². The monoisotopic (exact) mass is 334 g/mol. The number of nitrogens with one attached hydrogen (secondary N) is 1. The van der Waals surface area contributed by atoms with Gasteiger partial charge in [-0.15, -0.1) is 0 Å². The zero-order chi connectivity index (χ0) is 17.2. The van der Waals surface area contributed by atoms with E-state index in [2.05, 4.69) is 25.4 Å². The van der Waals surface area contributed by atoms with E-state index in [9.17, 15) is 13.2 Å². The zero-order valence-corrected chi connectivity index (χ0v) is 12.6. The lowest BCUT2D eigenvalue weighted by Crippen LogP contribution is -2.13. The standard InChI is InChI=1S/C15H13F3N6/c1-10(22-14-20-7-6-13(23-14)15(16,17)18)11-2-4-12(5-3-11)24-9-19-8-21-24/h2-10H,1H3,(H,20,22,23)/t10-/m0/s1. The lowest BCUT2D eigenvalue weighted by molar-refractivity contribution is -0.141. The van der Waals surface area contributed by atoms with Gasteiger partial charge in [0.2, 0.25) is 5.95 Å². The van der Waals surface area contributed by atoms with E-state index in [0.717, 1.165) is 23.5 Å². The fraction of sp³-hybridized carbons (Fsp3) is 0.200. The number of aromatic nitrogens is 5. The summed E-state index contributed by atoms with van der Waals surface area (Å²) in [5.74, 6) is -0.0716. The van der Waals surface area contributed by atoms with Gasteiger partial charge in [-0.2, -0.15) is 18.3 Å². The number of hydrogen-bond acceptors (Lipinski definition) is 5. The minimum Gasteiger partial charge on any atom is -0.348 e. The summed E-state index contributed by atoms with van der Waals surface area (Å²) in [7, 11) is 0. The molecule has 1 atom stereocenters. The first-order valence-electron chi connectivity index (χ1n) is 7.05. The molecule has 9 heteroatoms. The van der Waals surface area contributed by atoms with E-state index in [1.807, 2.05) is 31.2 Å². The molecule has 0 unspecified atom stereocenters. The smallest absolute Gasteiger partial charge is 0.348 e. The van der Waals surface area contributed by atoms with Crippen LogP contribution < -0.4 is 5.32 Å². The quantitative estimate of drug-likeness (QED) is 0.793. The number of halogens is 3. The highest BCUT2D eigenvalue weighted by molar-refractivity contribution is 5.38. The van der Waals surface area contributed by atoms with Crippen LogP contribution in [-0.4, -0.2) is 24.7 Å². The first kappa shape index (κ1) is 15.9. The predicted octanol–water partition coefficient (Wildman–Crippen LogP) is 3.25. The molecule has 0 radical (unpaired) electrons. The molecule has 0 aliphatic heterocycles. The molecule has 3 aromatic rings. The van der Waals surface area contributed by atoms with Crippen LogP contribution in [0.3, 0.4) is 0 Å². The first-order chi connectivity index (χ1) is 11.4. The molecule has 0 saturated heterocycles.